The lowest BCUT2D eigenvalue weighted by Crippen LogP contribution is -2.63. The molecule has 3 aliphatic rings. The minimum Gasteiger partial charge on any atom is -0.412 e. The van der Waals surface area contributed by atoms with E-state index in [0.717, 1.165) is 0 Å². The van der Waals surface area contributed by atoms with Crippen molar-refractivity contribution in [2.75, 3.05) is 26.4 Å². The van der Waals surface area contributed by atoms with Gasteiger partial charge in [0.1, 0.15) is 73.8 Å². The van der Waals surface area contributed by atoms with Crippen LogP contribution in [0.2, 0.25) is 0 Å². The average Bonchev–Trinajstić information content (AvgIpc) is 3.08. The van der Waals surface area contributed by atoms with Crippen LogP contribution < -0.4 is 0 Å². The first kappa shape index (κ1) is 36.2. The normalized spacial score (nSPS) is 47.9. The Hall–Kier alpha value is -0.760. The van der Waals surface area contributed by atoms with Gasteiger partial charge in [-0.05, 0) is 0 Å². The van der Waals surface area contributed by atoms with Crippen LogP contribution in [-0.2, 0) is 23.7 Å². The third-order valence-corrected chi connectivity index (χ3v) is 6.16. The Balaban J connectivity index is 0.00000432. The molecule has 3 aliphatic heterocycles. The largest absolute Gasteiger partial charge is 0.412 e. The van der Waals surface area contributed by atoms with Gasteiger partial charge in [-0.3, -0.25) is 0 Å². The summed E-state index contributed by atoms with van der Waals surface area (Å²) in [7, 11) is 0. The predicted octanol–water partition coefficient (Wildman–Crippen LogP) is -10.0. The fraction of sp³-hybridized carbons (Fsp3) is 1.00. The fourth-order valence-electron chi connectivity index (χ4n) is 4.01. The summed E-state index contributed by atoms with van der Waals surface area (Å²) in [4.78, 5) is 0. The summed E-state index contributed by atoms with van der Waals surface area (Å²) < 4.78 is 26.4. The van der Waals surface area contributed by atoms with Crippen molar-refractivity contribution in [3.63, 3.8) is 0 Å². The molecule has 3 saturated heterocycles. The van der Waals surface area contributed by atoms with E-state index >= 15 is 0 Å². The summed E-state index contributed by atoms with van der Waals surface area (Å²) in [5, 5.41) is 109. The van der Waals surface area contributed by atoms with Gasteiger partial charge in [0.15, 0.2) is 12.6 Å². The zero-order chi connectivity index (χ0) is 25.4. The van der Waals surface area contributed by atoms with Crippen LogP contribution >= 0.6 is 0 Å². The SMILES string of the molecule is O.O.O.OC[C@H]1O[C@H](OC[C@H]2O[C@H](O[C@]3(CO)O[C@H](CO)[C@@H](O)[C@@H]3O)[C@H](O)[C@@H](O)[C@@H]2O)[C@H](O)[C@@H](O)[C@H]1O. The zero-order valence-corrected chi connectivity index (χ0v) is 19.3. The van der Waals surface area contributed by atoms with Gasteiger partial charge in [-0.25, -0.2) is 0 Å². The van der Waals surface area contributed by atoms with Crippen molar-refractivity contribution in [1.29, 1.82) is 0 Å². The Morgan fingerprint density at radius 2 is 1.05 bits per heavy atom. The number of aliphatic hydroxyl groups is 11. The van der Waals surface area contributed by atoms with Crippen LogP contribution in [-0.4, -0.2) is 185 Å². The molecule has 0 amide bonds. The van der Waals surface area contributed by atoms with E-state index in [-0.39, 0.29) is 16.4 Å². The summed E-state index contributed by atoms with van der Waals surface area (Å²) in [6.07, 6.45) is -21.8. The van der Waals surface area contributed by atoms with Crippen molar-refractivity contribution in [3.8, 4) is 0 Å². The first-order chi connectivity index (χ1) is 16.0. The van der Waals surface area contributed by atoms with Gasteiger partial charge in [-0.15, -0.1) is 0 Å². The summed E-state index contributed by atoms with van der Waals surface area (Å²) in [5.41, 5.74) is 0. The van der Waals surface area contributed by atoms with E-state index in [0.29, 0.717) is 0 Å². The molecule has 17 N–H and O–H groups in total. The number of rotatable bonds is 8. The lowest BCUT2D eigenvalue weighted by atomic mass is 9.98. The molecule has 3 heterocycles. The van der Waals surface area contributed by atoms with E-state index in [1.807, 2.05) is 0 Å². The molecule has 3 rings (SSSR count). The van der Waals surface area contributed by atoms with Gasteiger partial charge in [0.05, 0.1) is 19.8 Å². The van der Waals surface area contributed by atoms with Crippen LogP contribution in [0.1, 0.15) is 0 Å². The quantitative estimate of drug-likeness (QED) is 0.132. The molecule has 3 fully saturated rings. The van der Waals surface area contributed by atoms with Crippen LogP contribution in [0.3, 0.4) is 0 Å². The van der Waals surface area contributed by atoms with Crippen molar-refractivity contribution in [1.82, 2.24) is 0 Å². The zero-order valence-electron chi connectivity index (χ0n) is 19.3. The summed E-state index contributed by atoms with van der Waals surface area (Å²) >= 11 is 0. The fourth-order valence-corrected chi connectivity index (χ4v) is 4.01. The molecular weight excluding hydrogens is 520 g/mol. The molecule has 19 nitrogen and oxygen atoms in total. The second-order valence-corrected chi connectivity index (χ2v) is 8.41. The standard InChI is InChI=1S/C18H32O16.3H2O/c19-1-5-8(22)11(25)13(27)16(31-5)30-3-7-9(23)12(26)14(28)17(32-7)34-18(4-21)15(29)10(24)6(2-20)33-18;;;/h5-17,19-29H,1-4H2;3*1H2/t5-,6-,7-,8+,9-,10-,11+,12+,13-,14-,15+,16+,17-,18+;;;/m1.../s1. The molecule has 0 spiro atoms. The van der Waals surface area contributed by atoms with Crippen molar-refractivity contribution in [3.05, 3.63) is 0 Å². The van der Waals surface area contributed by atoms with E-state index in [9.17, 15) is 56.2 Å². The first-order valence-electron chi connectivity index (χ1n) is 10.6. The van der Waals surface area contributed by atoms with Gasteiger partial charge in [0.2, 0.25) is 5.79 Å². The Morgan fingerprint density at radius 3 is 1.54 bits per heavy atom. The van der Waals surface area contributed by atoms with Crippen molar-refractivity contribution in [2.24, 2.45) is 0 Å². The van der Waals surface area contributed by atoms with Gasteiger partial charge < -0.3 is 96.3 Å². The van der Waals surface area contributed by atoms with Crippen molar-refractivity contribution >= 4 is 0 Å². The highest BCUT2D eigenvalue weighted by Gasteiger charge is 2.58. The molecule has 0 aromatic rings. The molecule has 14 atom stereocenters. The summed E-state index contributed by atoms with van der Waals surface area (Å²) in [6.45, 7) is -3.14. The highest BCUT2D eigenvalue weighted by molar-refractivity contribution is 4.98. The molecule has 224 valence electrons. The van der Waals surface area contributed by atoms with E-state index < -0.39 is 112 Å². The molecule has 0 unspecified atom stereocenters. The number of ether oxygens (including phenoxy) is 5. The third kappa shape index (κ3) is 6.88. The number of hydrogen-bond acceptors (Lipinski definition) is 16. The van der Waals surface area contributed by atoms with Gasteiger partial charge in [-0.2, -0.15) is 0 Å². The van der Waals surface area contributed by atoms with Gasteiger partial charge in [0, 0.05) is 0 Å². The lowest BCUT2D eigenvalue weighted by Gasteiger charge is -2.44. The first-order valence-corrected chi connectivity index (χ1v) is 10.6. The molecule has 37 heavy (non-hydrogen) atoms. The predicted molar refractivity (Wildman–Crippen MR) is 112 cm³/mol. The van der Waals surface area contributed by atoms with E-state index in [2.05, 4.69) is 0 Å². The van der Waals surface area contributed by atoms with Crippen LogP contribution in [0.25, 0.3) is 0 Å². The molecular formula is C18H38O19. The lowest BCUT2D eigenvalue weighted by molar-refractivity contribution is -0.388. The maximum Gasteiger partial charge on any atom is 0.224 e. The van der Waals surface area contributed by atoms with Crippen LogP contribution in [0.15, 0.2) is 0 Å². The van der Waals surface area contributed by atoms with E-state index in [1.54, 1.807) is 0 Å². The minimum atomic E-state index is -2.36. The van der Waals surface area contributed by atoms with Crippen LogP contribution in [0.4, 0.5) is 0 Å². The topological polar surface area (TPSA) is 363 Å². The highest BCUT2D eigenvalue weighted by atomic mass is 16.8. The molecule has 0 bridgehead atoms. The molecule has 0 aliphatic carbocycles. The van der Waals surface area contributed by atoms with Crippen molar-refractivity contribution < 1.29 is 96.3 Å². The third-order valence-electron chi connectivity index (χ3n) is 6.16. The van der Waals surface area contributed by atoms with Gasteiger partial charge in [-0.1, -0.05) is 0 Å². The smallest absolute Gasteiger partial charge is 0.224 e. The van der Waals surface area contributed by atoms with Gasteiger partial charge >= 0.3 is 0 Å². The summed E-state index contributed by atoms with van der Waals surface area (Å²) in [6, 6.07) is 0. The molecule has 0 aromatic heterocycles. The monoisotopic (exact) mass is 558 g/mol. The maximum atomic E-state index is 10.3. The molecule has 19 heteroatoms. The second kappa shape index (κ2) is 14.6. The Kier molecular flexibility index (Phi) is 14.3. The van der Waals surface area contributed by atoms with Gasteiger partial charge in [0.25, 0.3) is 0 Å². The van der Waals surface area contributed by atoms with Crippen LogP contribution in [0.5, 0.6) is 0 Å². The summed E-state index contributed by atoms with van der Waals surface area (Å²) in [5.74, 6) is -2.36. The number of hydrogen-bond donors (Lipinski definition) is 11. The average molecular weight is 558 g/mol. The maximum absolute atomic E-state index is 10.3. The van der Waals surface area contributed by atoms with E-state index in [1.165, 1.54) is 0 Å². The Morgan fingerprint density at radius 1 is 0.568 bits per heavy atom. The Labute approximate surface area is 209 Å². The second-order valence-electron chi connectivity index (χ2n) is 8.41. The van der Waals surface area contributed by atoms with Crippen LogP contribution in [0, 0.1) is 0 Å². The molecule has 0 radical (unpaired) electrons. The Bertz CT molecular complexity index is 657. The molecule has 0 saturated carbocycles. The molecule has 0 aromatic carbocycles. The van der Waals surface area contributed by atoms with E-state index in [4.69, 9.17) is 23.7 Å². The highest BCUT2D eigenvalue weighted by Crippen LogP contribution is 2.36. The van der Waals surface area contributed by atoms with Crippen molar-refractivity contribution in [2.45, 2.75) is 85.5 Å². The number of aliphatic hydroxyl groups excluding tert-OH is 11. The minimum absolute atomic E-state index is 0.